The molecular weight excluding hydrogens is 230 g/mol. The number of rotatable bonds is 4. The average Bonchev–Trinajstić information content (AvgIpc) is 2.16. The lowest BCUT2D eigenvalue weighted by molar-refractivity contribution is -0.135. The molecule has 0 heterocycles. The van der Waals surface area contributed by atoms with Gasteiger partial charge in [0.15, 0.2) is 0 Å². The molecule has 1 rings (SSSR count). The van der Waals surface area contributed by atoms with E-state index >= 15 is 0 Å². The normalized spacial score (nSPS) is 13.1. The molecule has 0 aliphatic rings. The van der Waals surface area contributed by atoms with Crippen LogP contribution in [-0.4, -0.2) is 26.7 Å². The van der Waals surface area contributed by atoms with Crippen molar-refractivity contribution in [3.63, 3.8) is 0 Å². The topological polar surface area (TPSA) is 86.5 Å². The molecular formula is C10H13NO4S. The van der Waals surface area contributed by atoms with Crippen molar-refractivity contribution in [2.45, 2.75) is 12.5 Å². The van der Waals surface area contributed by atoms with Crippen LogP contribution in [0.15, 0.2) is 30.3 Å². The van der Waals surface area contributed by atoms with Gasteiger partial charge in [0.05, 0.1) is 6.26 Å². The number of carbonyl (C=O) groups excluding carboxylic acids is 1. The quantitative estimate of drug-likeness (QED) is 0.756. The van der Waals surface area contributed by atoms with Gasteiger partial charge in [-0.25, -0.2) is 4.79 Å². The molecule has 16 heavy (non-hydrogen) atoms. The van der Waals surface area contributed by atoms with Crippen molar-refractivity contribution in [2.24, 2.45) is 5.73 Å². The molecule has 0 aromatic heterocycles. The van der Waals surface area contributed by atoms with Gasteiger partial charge in [-0.15, -0.1) is 0 Å². The van der Waals surface area contributed by atoms with Gasteiger partial charge in [-0.3, -0.25) is 0 Å². The molecule has 1 atom stereocenters. The molecule has 0 saturated heterocycles. The van der Waals surface area contributed by atoms with Crippen molar-refractivity contribution in [3.05, 3.63) is 35.9 Å². The van der Waals surface area contributed by atoms with Crippen LogP contribution < -0.4 is 5.73 Å². The van der Waals surface area contributed by atoms with Crippen LogP contribution in [0, 0.1) is 0 Å². The lowest BCUT2D eigenvalue weighted by Gasteiger charge is -2.09. The zero-order valence-electron chi connectivity index (χ0n) is 8.79. The van der Waals surface area contributed by atoms with E-state index in [1.54, 1.807) is 12.1 Å². The van der Waals surface area contributed by atoms with Crippen LogP contribution in [0.1, 0.15) is 5.56 Å². The molecule has 6 heteroatoms. The van der Waals surface area contributed by atoms with Gasteiger partial charge in [0.1, 0.15) is 6.04 Å². The summed E-state index contributed by atoms with van der Waals surface area (Å²) in [7, 11) is -3.79. The SMILES string of the molecule is CS(=O)(=O)OC(=O)[C@@H](N)Cc1ccccc1. The van der Waals surface area contributed by atoms with Crippen LogP contribution in [-0.2, 0) is 25.5 Å². The summed E-state index contributed by atoms with van der Waals surface area (Å²) >= 11 is 0. The first kappa shape index (κ1) is 12.7. The summed E-state index contributed by atoms with van der Waals surface area (Å²) < 4.78 is 25.6. The lowest BCUT2D eigenvalue weighted by atomic mass is 10.1. The van der Waals surface area contributed by atoms with Gasteiger partial charge in [-0.05, 0) is 12.0 Å². The average molecular weight is 243 g/mol. The standard InChI is InChI=1S/C10H13NO4S/c1-16(13,14)15-10(12)9(11)7-8-5-3-2-4-6-8/h2-6,9H,7,11H2,1H3/t9-/m0/s1. The Morgan fingerprint density at radius 1 is 1.38 bits per heavy atom. The first-order chi connectivity index (χ1) is 7.38. The molecule has 0 aliphatic heterocycles. The molecule has 0 amide bonds. The van der Waals surface area contributed by atoms with Gasteiger partial charge in [-0.2, -0.15) is 8.42 Å². The molecule has 2 N–H and O–H groups in total. The van der Waals surface area contributed by atoms with Crippen molar-refractivity contribution in [1.82, 2.24) is 0 Å². The van der Waals surface area contributed by atoms with E-state index in [-0.39, 0.29) is 6.42 Å². The first-order valence-electron chi connectivity index (χ1n) is 4.61. The minimum Gasteiger partial charge on any atom is -0.344 e. The molecule has 1 aromatic rings. The fourth-order valence-electron chi connectivity index (χ4n) is 1.16. The van der Waals surface area contributed by atoms with E-state index < -0.39 is 22.1 Å². The second-order valence-corrected chi connectivity index (χ2v) is 4.98. The second-order valence-electron chi connectivity index (χ2n) is 3.40. The van der Waals surface area contributed by atoms with Gasteiger partial charge in [0, 0.05) is 0 Å². The van der Waals surface area contributed by atoms with Crippen LogP contribution >= 0.6 is 0 Å². The highest BCUT2D eigenvalue weighted by molar-refractivity contribution is 7.86. The summed E-state index contributed by atoms with van der Waals surface area (Å²) in [5, 5.41) is 0. The summed E-state index contributed by atoms with van der Waals surface area (Å²) in [6.07, 6.45) is 1.05. The molecule has 0 saturated carbocycles. The van der Waals surface area contributed by atoms with Crippen molar-refractivity contribution >= 4 is 16.1 Å². The van der Waals surface area contributed by atoms with Crippen LogP contribution in [0.3, 0.4) is 0 Å². The Hall–Kier alpha value is -1.40. The number of hydrogen-bond donors (Lipinski definition) is 1. The van der Waals surface area contributed by atoms with Crippen molar-refractivity contribution in [2.75, 3.05) is 6.26 Å². The summed E-state index contributed by atoms with van der Waals surface area (Å²) in [4.78, 5) is 11.2. The van der Waals surface area contributed by atoms with E-state index in [2.05, 4.69) is 4.18 Å². The summed E-state index contributed by atoms with van der Waals surface area (Å²) in [5.41, 5.74) is 6.37. The molecule has 0 aliphatic carbocycles. The molecule has 1 aromatic carbocycles. The van der Waals surface area contributed by atoms with Crippen LogP contribution in [0.2, 0.25) is 0 Å². The summed E-state index contributed by atoms with van der Waals surface area (Å²) in [5.74, 6) is -0.939. The third kappa shape index (κ3) is 4.41. The van der Waals surface area contributed by atoms with Crippen molar-refractivity contribution in [3.8, 4) is 0 Å². The zero-order valence-corrected chi connectivity index (χ0v) is 9.61. The third-order valence-corrected chi connectivity index (χ3v) is 2.30. The molecule has 0 bridgehead atoms. The van der Waals surface area contributed by atoms with E-state index in [1.807, 2.05) is 18.2 Å². The Morgan fingerprint density at radius 3 is 2.44 bits per heavy atom. The predicted octanol–water partition coefficient (Wildman–Crippen LogP) is 0.0592. The fraction of sp³-hybridized carbons (Fsp3) is 0.300. The van der Waals surface area contributed by atoms with Crippen molar-refractivity contribution in [1.29, 1.82) is 0 Å². The van der Waals surface area contributed by atoms with Crippen LogP contribution in [0.5, 0.6) is 0 Å². The molecule has 88 valence electrons. The van der Waals surface area contributed by atoms with E-state index in [4.69, 9.17) is 5.73 Å². The molecule has 0 unspecified atom stereocenters. The van der Waals surface area contributed by atoms with Gasteiger partial charge < -0.3 is 9.92 Å². The minimum atomic E-state index is -3.79. The van der Waals surface area contributed by atoms with Crippen LogP contribution in [0.4, 0.5) is 0 Å². The summed E-state index contributed by atoms with van der Waals surface area (Å²) in [6, 6.07) is 8.08. The Bertz CT molecular complexity index is 455. The number of benzene rings is 1. The van der Waals surface area contributed by atoms with E-state index in [0.717, 1.165) is 11.8 Å². The molecule has 5 nitrogen and oxygen atoms in total. The molecule has 0 fully saturated rings. The maximum atomic E-state index is 11.2. The van der Waals surface area contributed by atoms with Gasteiger partial charge in [0.2, 0.25) is 0 Å². The Kier molecular flexibility index (Phi) is 4.03. The highest BCUT2D eigenvalue weighted by atomic mass is 32.2. The maximum absolute atomic E-state index is 11.2. The number of hydrogen-bond acceptors (Lipinski definition) is 5. The number of carbonyl (C=O) groups is 1. The smallest absolute Gasteiger partial charge is 0.339 e. The molecule has 0 spiro atoms. The lowest BCUT2D eigenvalue weighted by Crippen LogP contribution is -2.35. The third-order valence-electron chi connectivity index (χ3n) is 1.83. The highest BCUT2D eigenvalue weighted by Gasteiger charge is 2.19. The largest absolute Gasteiger partial charge is 0.344 e. The van der Waals surface area contributed by atoms with Crippen LogP contribution in [0.25, 0.3) is 0 Å². The van der Waals surface area contributed by atoms with E-state index in [9.17, 15) is 13.2 Å². The molecule has 0 radical (unpaired) electrons. The Morgan fingerprint density at radius 2 is 1.94 bits per heavy atom. The fourth-order valence-corrected chi connectivity index (χ4v) is 1.58. The Balaban J connectivity index is 2.60. The maximum Gasteiger partial charge on any atom is 0.339 e. The second kappa shape index (κ2) is 5.09. The van der Waals surface area contributed by atoms with Gasteiger partial charge in [0.25, 0.3) is 0 Å². The zero-order chi connectivity index (χ0) is 12.2. The summed E-state index contributed by atoms with van der Waals surface area (Å²) in [6.45, 7) is 0. The Labute approximate surface area is 94.3 Å². The first-order valence-corrected chi connectivity index (χ1v) is 6.43. The van der Waals surface area contributed by atoms with Crippen molar-refractivity contribution < 1.29 is 17.4 Å². The van der Waals surface area contributed by atoms with E-state index in [1.165, 1.54) is 0 Å². The highest BCUT2D eigenvalue weighted by Crippen LogP contribution is 2.03. The monoisotopic (exact) mass is 243 g/mol. The number of nitrogens with two attached hydrogens (primary N) is 1. The minimum absolute atomic E-state index is 0.245. The predicted molar refractivity (Wildman–Crippen MR) is 59.1 cm³/mol. The van der Waals surface area contributed by atoms with E-state index in [0.29, 0.717) is 0 Å². The van der Waals surface area contributed by atoms with Gasteiger partial charge >= 0.3 is 16.1 Å². The van der Waals surface area contributed by atoms with Gasteiger partial charge in [-0.1, -0.05) is 30.3 Å².